The van der Waals surface area contributed by atoms with E-state index in [9.17, 15) is 18.0 Å². The van der Waals surface area contributed by atoms with Gasteiger partial charge in [-0.3, -0.25) is 9.36 Å². The normalized spacial score (nSPS) is 11.5. The van der Waals surface area contributed by atoms with E-state index < -0.39 is 11.7 Å². The van der Waals surface area contributed by atoms with Gasteiger partial charge < -0.3 is 5.32 Å². The number of alkyl halides is 3. The van der Waals surface area contributed by atoms with Crippen molar-refractivity contribution in [2.45, 2.75) is 37.5 Å². The van der Waals surface area contributed by atoms with E-state index in [1.807, 2.05) is 54.8 Å². The molecule has 0 saturated heterocycles. The van der Waals surface area contributed by atoms with E-state index in [1.54, 1.807) is 18.2 Å². The van der Waals surface area contributed by atoms with Crippen LogP contribution in [0.15, 0.2) is 78.0 Å². The SMILES string of the molecule is Cc1cccc(C(=O)NCc2nnc(SCc3cccc(C(F)(F)F)c3)n2-c2cccc(C)c2)c1. The molecule has 0 atom stereocenters. The Morgan fingerprint density at radius 3 is 2.37 bits per heavy atom. The summed E-state index contributed by atoms with van der Waals surface area (Å²) in [5, 5.41) is 12.0. The van der Waals surface area contributed by atoms with E-state index in [2.05, 4.69) is 15.5 Å². The summed E-state index contributed by atoms with van der Waals surface area (Å²) in [6.45, 7) is 4.01. The van der Waals surface area contributed by atoms with Crippen molar-refractivity contribution in [1.82, 2.24) is 20.1 Å². The highest BCUT2D eigenvalue weighted by Gasteiger charge is 2.30. The minimum atomic E-state index is -4.40. The van der Waals surface area contributed by atoms with Crippen molar-refractivity contribution < 1.29 is 18.0 Å². The van der Waals surface area contributed by atoms with Crippen LogP contribution in [0, 0.1) is 13.8 Å². The van der Waals surface area contributed by atoms with Crippen LogP contribution in [0.25, 0.3) is 5.69 Å². The first kappa shape index (κ1) is 24.5. The van der Waals surface area contributed by atoms with Crippen LogP contribution >= 0.6 is 11.8 Å². The maximum atomic E-state index is 13.1. The Bertz CT molecular complexity index is 1350. The fourth-order valence-corrected chi connectivity index (χ4v) is 4.48. The maximum absolute atomic E-state index is 13.1. The third-order valence-corrected chi connectivity index (χ3v) is 6.27. The number of amides is 1. The monoisotopic (exact) mass is 496 g/mol. The highest BCUT2D eigenvalue weighted by molar-refractivity contribution is 7.98. The predicted molar refractivity (Wildman–Crippen MR) is 129 cm³/mol. The molecule has 4 rings (SSSR count). The molecule has 0 fully saturated rings. The Kier molecular flexibility index (Phi) is 7.25. The molecule has 3 aromatic carbocycles. The summed E-state index contributed by atoms with van der Waals surface area (Å²) in [4.78, 5) is 12.6. The lowest BCUT2D eigenvalue weighted by atomic mass is 10.1. The molecule has 5 nitrogen and oxygen atoms in total. The zero-order valence-corrected chi connectivity index (χ0v) is 20.0. The fraction of sp³-hybridized carbons (Fsp3) is 0.192. The van der Waals surface area contributed by atoms with Gasteiger partial charge in [0.1, 0.15) is 0 Å². The summed E-state index contributed by atoms with van der Waals surface area (Å²) in [5.74, 6) is 0.567. The van der Waals surface area contributed by atoms with Gasteiger partial charge in [-0.25, -0.2) is 0 Å². The van der Waals surface area contributed by atoms with Crippen molar-refractivity contribution in [3.8, 4) is 5.69 Å². The number of rotatable bonds is 7. The van der Waals surface area contributed by atoms with Gasteiger partial charge >= 0.3 is 6.18 Å². The minimum Gasteiger partial charge on any atom is -0.345 e. The Morgan fingerprint density at radius 1 is 0.943 bits per heavy atom. The number of nitrogens with zero attached hydrogens (tertiary/aromatic N) is 3. The van der Waals surface area contributed by atoms with E-state index in [-0.39, 0.29) is 18.2 Å². The zero-order valence-electron chi connectivity index (χ0n) is 19.1. The molecule has 180 valence electrons. The van der Waals surface area contributed by atoms with Crippen LogP contribution in [0.4, 0.5) is 13.2 Å². The number of thioether (sulfide) groups is 1. The average molecular weight is 497 g/mol. The summed E-state index contributed by atoms with van der Waals surface area (Å²) in [5.41, 5.74) is 3.20. The van der Waals surface area contributed by atoms with Gasteiger partial charge in [0.2, 0.25) is 0 Å². The lowest BCUT2D eigenvalue weighted by Crippen LogP contribution is -2.24. The van der Waals surface area contributed by atoms with Crippen LogP contribution in [-0.2, 0) is 18.5 Å². The summed E-state index contributed by atoms with van der Waals surface area (Å²) >= 11 is 1.28. The number of carbonyl (C=O) groups excluding carboxylic acids is 1. The molecule has 0 radical (unpaired) electrons. The Hall–Kier alpha value is -3.59. The smallest absolute Gasteiger partial charge is 0.345 e. The molecule has 4 aromatic rings. The summed E-state index contributed by atoms with van der Waals surface area (Å²) in [6.07, 6.45) is -4.40. The Labute approximate surface area is 205 Å². The van der Waals surface area contributed by atoms with Crippen LogP contribution in [0.1, 0.15) is 38.4 Å². The molecule has 1 aromatic heterocycles. The minimum absolute atomic E-state index is 0.137. The van der Waals surface area contributed by atoms with Gasteiger partial charge in [-0.1, -0.05) is 59.8 Å². The summed E-state index contributed by atoms with van der Waals surface area (Å²) in [7, 11) is 0. The standard InChI is InChI=1S/C26H23F3N4OS/c1-17-6-3-9-20(12-17)24(34)30-15-23-31-32-25(33(23)22-11-4-7-18(2)13-22)35-16-19-8-5-10-21(14-19)26(27,28)29/h3-14H,15-16H2,1-2H3,(H,30,34). The first-order chi connectivity index (χ1) is 16.7. The zero-order chi connectivity index (χ0) is 25.0. The van der Waals surface area contributed by atoms with Gasteiger partial charge in [0.05, 0.1) is 12.1 Å². The number of halogens is 3. The van der Waals surface area contributed by atoms with Crippen molar-refractivity contribution in [2.24, 2.45) is 0 Å². The number of hydrogen-bond acceptors (Lipinski definition) is 4. The molecule has 1 heterocycles. The third kappa shape index (κ3) is 6.10. The van der Waals surface area contributed by atoms with Crippen LogP contribution in [0.3, 0.4) is 0 Å². The van der Waals surface area contributed by atoms with Crippen LogP contribution < -0.4 is 5.32 Å². The molecule has 35 heavy (non-hydrogen) atoms. The van der Waals surface area contributed by atoms with Crippen LogP contribution in [-0.4, -0.2) is 20.7 Å². The van der Waals surface area contributed by atoms with Crippen molar-refractivity contribution in [2.75, 3.05) is 0 Å². The number of aryl methyl sites for hydroxylation is 2. The maximum Gasteiger partial charge on any atom is 0.416 e. The topological polar surface area (TPSA) is 59.8 Å². The van der Waals surface area contributed by atoms with Crippen molar-refractivity contribution in [1.29, 1.82) is 0 Å². The lowest BCUT2D eigenvalue weighted by molar-refractivity contribution is -0.137. The second-order valence-electron chi connectivity index (χ2n) is 8.11. The van der Waals surface area contributed by atoms with Gasteiger partial charge in [0.15, 0.2) is 11.0 Å². The van der Waals surface area contributed by atoms with Gasteiger partial charge in [0.25, 0.3) is 5.91 Å². The second-order valence-corrected chi connectivity index (χ2v) is 9.05. The summed E-state index contributed by atoms with van der Waals surface area (Å²) < 4.78 is 41.1. The number of hydrogen-bond donors (Lipinski definition) is 1. The molecule has 0 spiro atoms. The molecule has 0 bridgehead atoms. The van der Waals surface area contributed by atoms with E-state index in [0.29, 0.717) is 22.1 Å². The van der Waals surface area contributed by atoms with Crippen molar-refractivity contribution >= 4 is 17.7 Å². The number of aromatic nitrogens is 3. The third-order valence-electron chi connectivity index (χ3n) is 5.27. The molecule has 0 aliphatic carbocycles. The Morgan fingerprint density at radius 2 is 1.66 bits per heavy atom. The first-order valence-corrected chi connectivity index (χ1v) is 11.8. The van der Waals surface area contributed by atoms with Crippen LogP contribution in [0.2, 0.25) is 0 Å². The highest BCUT2D eigenvalue weighted by atomic mass is 32.2. The molecule has 9 heteroatoms. The first-order valence-electron chi connectivity index (χ1n) is 10.9. The van der Waals surface area contributed by atoms with Crippen molar-refractivity contribution in [3.05, 3.63) is 106 Å². The van der Waals surface area contributed by atoms with Gasteiger partial charge in [0, 0.05) is 17.0 Å². The van der Waals surface area contributed by atoms with Gasteiger partial charge in [-0.15, -0.1) is 10.2 Å². The Balaban J connectivity index is 1.58. The highest BCUT2D eigenvalue weighted by Crippen LogP contribution is 2.31. The van der Waals surface area contributed by atoms with Gasteiger partial charge in [-0.05, 0) is 55.3 Å². The molecular weight excluding hydrogens is 473 g/mol. The molecular formula is C26H23F3N4OS. The molecule has 0 saturated carbocycles. The summed E-state index contributed by atoms with van der Waals surface area (Å²) in [6, 6.07) is 20.3. The quantitative estimate of drug-likeness (QED) is 0.313. The fourth-order valence-electron chi connectivity index (χ4n) is 3.57. The van der Waals surface area contributed by atoms with Crippen LogP contribution in [0.5, 0.6) is 0 Å². The molecule has 1 N–H and O–H groups in total. The van der Waals surface area contributed by atoms with E-state index >= 15 is 0 Å². The lowest BCUT2D eigenvalue weighted by Gasteiger charge is -2.12. The number of benzene rings is 3. The largest absolute Gasteiger partial charge is 0.416 e. The molecule has 1 amide bonds. The van der Waals surface area contributed by atoms with E-state index in [4.69, 9.17) is 0 Å². The van der Waals surface area contributed by atoms with E-state index in [1.165, 1.54) is 17.8 Å². The predicted octanol–water partition coefficient (Wildman–Crippen LogP) is 6.13. The molecule has 0 aliphatic rings. The van der Waals surface area contributed by atoms with Crippen molar-refractivity contribution in [3.63, 3.8) is 0 Å². The second kappa shape index (κ2) is 10.4. The molecule has 0 aliphatic heterocycles. The van der Waals surface area contributed by atoms with Gasteiger partial charge in [-0.2, -0.15) is 13.2 Å². The average Bonchev–Trinajstić information content (AvgIpc) is 3.23. The van der Waals surface area contributed by atoms with E-state index in [0.717, 1.165) is 28.9 Å². The number of nitrogens with one attached hydrogen (secondary N) is 1. The molecule has 0 unspecified atom stereocenters. The number of carbonyl (C=O) groups is 1.